The molecule has 2 saturated heterocycles. The van der Waals surface area contributed by atoms with Gasteiger partial charge in [-0.05, 0) is 23.3 Å². The van der Waals surface area contributed by atoms with Crippen LogP contribution in [0.1, 0.15) is 6.42 Å². The molecule has 4 nitrogen and oxygen atoms in total. The average molecular weight is 315 g/mol. The molecule has 2 aliphatic heterocycles. The summed E-state index contributed by atoms with van der Waals surface area (Å²) in [5, 5.41) is 0. The molecule has 4 rings (SSSR count). The lowest BCUT2D eigenvalue weighted by atomic mass is 9.89. The van der Waals surface area contributed by atoms with Crippen LogP contribution in [0.5, 0.6) is 0 Å². The van der Waals surface area contributed by atoms with Gasteiger partial charge < -0.3 is 4.74 Å². The molecule has 0 unspecified atom stereocenters. The number of benzene rings is 2. The Labute approximate surface area is 130 Å². The van der Waals surface area contributed by atoms with E-state index < -0.39 is 10.0 Å². The molecule has 22 heavy (non-hydrogen) atoms. The van der Waals surface area contributed by atoms with E-state index >= 15 is 0 Å². The molecule has 2 aliphatic rings. The van der Waals surface area contributed by atoms with E-state index in [1.807, 2.05) is 42.5 Å². The van der Waals surface area contributed by atoms with Crippen molar-refractivity contribution in [3.8, 4) is 11.1 Å². The molecule has 0 radical (unpaired) electrons. The Morgan fingerprint density at radius 2 is 1.50 bits per heavy atom. The Morgan fingerprint density at radius 3 is 2.05 bits per heavy atom. The number of nitrogens with zero attached hydrogens (tertiary/aromatic N) is 1. The first-order valence-electron chi connectivity index (χ1n) is 7.39. The average Bonchev–Trinajstić information content (AvgIpc) is 2.45. The molecular formula is C17H17NO3S. The van der Waals surface area contributed by atoms with E-state index in [0.717, 1.165) is 24.2 Å². The second-order valence-corrected chi connectivity index (χ2v) is 7.88. The third kappa shape index (κ3) is 2.17. The van der Waals surface area contributed by atoms with Gasteiger partial charge in [-0.2, -0.15) is 4.31 Å². The van der Waals surface area contributed by atoms with Gasteiger partial charge in [-0.15, -0.1) is 0 Å². The minimum Gasteiger partial charge on any atom is -0.372 e. The Hall–Kier alpha value is -1.69. The molecule has 2 aromatic carbocycles. The maximum atomic E-state index is 12.6. The van der Waals surface area contributed by atoms with Crippen molar-refractivity contribution in [2.75, 3.05) is 19.7 Å². The number of rotatable bonds is 3. The van der Waals surface area contributed by atoms with Crippen molar-refractivity contribution >= 4 is 10.0 Å². The minimum absolute atomic E-state index is 0.183. The lowest BCUT2D eigenvalue weighted by molar-refractivity contribution is -0.200. The van der Waals surface area contributed by atoms with Crippen LogP contribution in [0, 0.1) is 0 Å². The van der Waals surface area contributed by atoms with Crippen molar-refractivity contribution in [2.24, 2.45) is 0 Å². The molecule has 0 aromatic heterocycles. The predicted octanol–water partition coefficient (Wildman–Crippen LogP) is 2.52. The van der Waals surface area contributed by atoms with Crippen LogP contribution < -0.4 is 0 Å². The minimum atomic E-state index is -3.40. The maximum Gasteiger partial charge on any atom is 0.243 e. The van der Waals surface area contributed by atoms with Gasteiger partial charge in [0.05, 0.1) is 17.1 Å². The molecule has 0 aliphatic carbocycles. The first-order valence-corrected chi connectivity index (χ1v) is 8.83. The van der Waals surface area contributed by atoms with Gasteiger partial charge in [-0.3, -0.25) is 0 Å². The molecule has 0 saturated carbocycles. The van der Waals surface area contributed by atoms with Gasteiger partial charge in [0.15, 0.2) is 0 Å². The normalized spacial score (nSPS) is 20.4. The molecule has 5 heteroatoms. The molecule has 2 aromatic rings. The van der Waals surface area contributed by atoms with Crippen LogP contribution in [0.3, 0.4) is 0 Å². The van der Waals surface area contributed by atoms with Crippen molar-refractivity contribution in [2.45, 2.75) is 16.9 Å². The fourth-order valence-corrected chi connectivity index (χ4v) is 4.59. The monoisotopic (exact) mass is 315 g/mol. The van der Waals surface area contributed by atoms with Crippen LogP contribution in [0.4, 0.5) is 0 Å². The van der Waals surface area contributed by atoms with Crippen molar-refractivity contribution in [3.05, 3.63) is 54.6 Å². The Bertz CT molecular complexity index is 772. The Balaban J connectivity index is 1.55. The lowest BCUT2D eigenvalue weighted by Crippen LogP contribution is -2.69. The molecular weight excluding hydrogens is 298 g/mol. The van der Waals surface area contributed by atoms with Gasteiger partial charge in [0, 0.05) is 19.5 Å². The van der Waals surface area contributed by atoms with Crippen molar-refractivity contribution < 1.29 is 13.2 Å². The summed E-state index contributed by atoms with van der Waals surface area (Å²) >= 11 is 0. The van der Waals surface area contributed by atoms with E-state index in [-0.39, 0.29) is 5.60 Å². The summed E-state index contributed by atoms with van der Waals surface area (Å²) in [6, 6.07) is 17.0. The quantitative estimate of drug-likeness (QED) is 0.874. The van der Waals surface area contributed by atoms with Crippen LogP contribution in [0.15, 0.2) is 59.5 Å². The Morgan fingerprint density at radius 1 is 0.909 bits per heavy atom. The molecule has 1 spiro atoms. The van der Waals surface area contributed by atoms with Crippen molar-refractivity contribution in [3.63, 3.8) is 0 Å². The second-order valence-electron chi connectivity index (χ2n) is 5.94. The van der Waals surface area contributed by atoms with Gasteiger partial charge >= 0.3 is 0 Å². The summed E-state index contributed by atoms with van der Waals surface area (Å²) in [7, 11) is -3.40. The summed E-state index contributed by atoms with van der Waals surface area (Å²) in [6.45, 7) is 1.71. The molecule has 0 bridgehead atoms. The van der Waals surface area contributed by atoms with Gasteiger partial charge in [0.2, 0.25) is 10.0 Å². The number of hydrogen-bond acceptors (Lipinski definition) is 3. The van der Waals surface area contributed by atoms with E-state index in [9.17, 15) is 8.42 Å². The predicted molar refractivity (Wildman–Crippen MR) is 83.9 cm³/mol. The summed E-state index contributed by atoms with van der Waals surface area (Å²) in [4.78, 5) is 0.348. The van der Waals surface area contributed by atoms with Gasteiger partial charge in [0.1, 0.15) is 0 Å². The van der Waals surface area contributed by atoms with Crippen LogP contribution in [-0.4, -0.2) is 38.0 Å². The van der Waals surface area contributed by atoms with Crippen molar-refractivity contribution in [1.29, 1.82) is 0 Å². The fourth-order valence-electron chi connectivity index (χ4n) is 3.01. The summed E-state index contributed by atoms with van der Waals surface area (Å²) < 4.78 is 32.1. The van der Waals surface area contributed by atoms with E-state index in [4.69, 9.17) is 4.74 Å². The highest BCUT2D eigenvalue weighted by Gasteiger charge is 2.53. The molecule has 0 N–H and O–H groups in total. The second kappa shape index (κ2) is 4.91. The number of sulfonamides is 1. The van der Waals surface area contributed by atoms with Crippen molar-refractivity contribution in [1.82, 2.24) is 4.31 Å². The first kappa shape index (κ1) is 13.9. The molecule has 2 heterocycles. The lowest BCUT2D eigenvalue weighted by Gasteiger charge is -2.54. The molecule has 0 atom stereocenters. The van der Waals surface area contributed by atoms with Crippen LogP contribution in [-0.2, 0) is 14.8 Å². The standard InChI is InChI=1S/C17H17NO3S/c19-22(20,18-12-17(13-18)10-11-21-17)16-8-6-15(7-9-16)14-4-2-1-3-5-14/h1-9H,10-13H2. The highest BCUT2D eigenvalue weighted by atomic mass is 32.2. The summed E-state index contributed by atoms with van der Waals surface area (Å²) in [6.07, 6.45) is 0.964. The molecule has 0 amide bonds. The zero-order valence-electron chi connectivity index (χ0n) is 12.1. The van der Waals surface area contributed by atoms with Crippen LogP contribution in [0.2, 0.25) is 0 Å². The maximum absolute atomic E-state index is 12.6. The zero-order valence-corrected chi connectivity index (χ0v) is 12.9. The van der Waals surface area contributed by atoms with Gasteiger partial charge in [0.25, 0.3) is 0 Å². The van der Waals surface area contributed by atoms with E-state index in [2.05, 4.69) is 0 Å². The topological polar surface area (TPSA) is 46.6 Å². The molecule has 2 fully saturated rings. The SMILES string of the molecule is O=S(=O)(c1ccc(-c2ccccc2)cc1)N1CC2(CCO2)C1. The fraction of sp³-hybridized carbons (Fsp3) is 0.294. The van der Waals surface area contributed by atoms with Gasteiger partial charge in [-0.25, -0.2) is 8.42 Å². The molecule has 114 valence electrons. The Kier molecular flexibility index (Phi) is 3.11. The highest BCUT2D eigenvalue weighted by molar-refractivity contribution is 7.89. The largest absolute Gasteiger partial charge is 0.372 e. The van der Waals surface area contributed by atoms with E-state index in [0.29, 0.717) is 18.0 Å². The summed E-state index contributed by atoms with van der Waals surface area (Å²) in [5.41, 5.74) is 1.91. The zero-order chi connectivity index (χ0) is 15.2. The smallest absolute Gasteiger partial charge is 0.243 e. The van der Waals surface area contributed by atoms with Crippen LogP contribution >= 0.6 is 0 Å². The van der Waals surface area contributed by atoms with E-state index in [1.165, 1.54) is 4.31 Å². The third-order valence-corrected chi connectivity index (χ3v) is 6.30. The number of ether oxygens (including phenoxy) is 1. The van der Waals surface area contributed by atoms with Crippen LogP contribution in [0.25, 0.3) is 11.1 Å². The third-order valence-electron chi connectivity index (χ3n) is 4.49. The first-order chi connectivity index (χ1) is 10.6. The number of hydrogen-bond donors (Lipinski definition) is 0. The highest BCUT2D eigenvalue weighted by Crippen LogP contribution is 2.39. The van der Waals surface area contributed by atoms with Gasteiger partial charge in [-0.1, -0.05) is 42.5 Å². The summed E-state index contributed by atoms with van der Waals surface area (Å²) in [5.74, 6) is 0. The van der Waals surface area contributed by atoms with E-state index in [1.54, 1.807) is 12.1 Å².